The molecule has 0 unspecified atom stereocenters. The van der Waals surface area contributed by atoms with Gasteiger partial charge in [-0.1, -0.05) is 35.6 Å². The molecule has 10 heteroatoms. The second kappa shape index (κ2) is 11.0. The van der Waals surface area contributed by atoms with Gasteiger partial charge in [0, 0.05) is 28.9 Å². The maximum Gasteiger partial charge on any atom is 0.337 e. The molecule has 2 aromatic heterocycles. The van der Waals surface area contributed by atoms with E-state index >= 15 is 0 Å². The first-order valence-electron chi connectivity index (χ1n) is 12.4. The van der Waals surface area contributed by atoms with Crippen molar-refractivity contribution in [3.05, 3.63) is 91.2 Å². The normalized spacial score (nSPS) is 14.8. The molecule has 1 aliphatic rings. The first kappa shape index (κ1) is 26.0. The van der Waals surface area contributed by atoms with E-state index in [9.17, 15) is 14.9 Å². The highest BCUT2D eigenvalue weighted by molar-refractivity contribution is 7.07. The average molecular weight is 543 g/mol. The maximum atomic E-state index is 13.9. The summed E-state index contributed by atoms with van der Waals surface area (Å²) in [4.78, 5) is 31.6. The van der Waals surface area contributed by atoms with E-state index in [1.165, 1.54) is 29.2 Å². The molecule has 1 aliphatic heterocycles. The van der Waals surface area contributed by atoms with E-state index in [1.54, 1.807) is 12.1 Å². The number of para-hydroxylation sites is 1. The first-order chi connectivity index (χ1) is 19.0. The Labute approximate surface area is 228 Å². The lowest BCUT2D eigenvalue weighted by molar-refractivity contribution is -0.136. The van der Waals surface area contributed by atoms with Crippen LogP contribution in [0.25, 0.3) is 17.0 Å². The van der Waals surface area contributed by atoms with Crippen LogP contribution in [-0.4, -0.2) is 35.4 Å². The predicted molar refractivity (Wildman–Crippen MR) is 147 cm³/mol. The lowest BCUT2D eigenvalue weighted by Gasteiger charge is -2.23. The van der Waals surface area contributed by atoms with Crippen LogP contribution in [0, 0.1) is 11.3 Å². The van der Waals surface area contributed by atoms with Gasteiger partial charge >= 0.3 is 5.97 Å². The minimum atomic E-state index is -0.773. The number of carbonyl (C=O) groups excluding carboxylic acids is 1. The molecule has 5 rings (SSSR count). The lowest BCUT2D eigenvalue weighted by atomic mass is 9.97. The Morgan fingerprint density at radius 3 is 2.67 bits per heavy atom. The van der Waals surface area contributed by atoms with Crippen molar-refractivity contribution >= 4 is 34.3 Å². The molecule has 1 atom stereocenters. The number of rotatable bonds is 8. The van der Waals surface area contributed by atoms with Gasteiger partial charge in [-0.3, -0.25) is 9.36 Å². The number of hydrogen-bond donors (Lipinski definition) is 0. The Morgan fingerprint density at radius 1 is 1.15 bits per heavy atom. The van der Waals surface area contributed by atoms with E-state index in [0.29, 0.717) is 39.6 Å². The Kier molecular flexibility index (Phi) is 7.34. The van der Waals surface area contributed by atoms with Crippen molar-refractivity contribution in [1.82, 2.24) is 9.13 Å². The van der Waals surface area contributed by atoms with Crippen molar-refractivity contribution < 1.29 is 19.0 Å². The molecule has 0 aliphatic carbocycles. The second-order valence-corrected chi connectivity index (χ2v) is 9.64. The van der Waals surface area contributed by atoms with Crippen LogP contribution in [0.3, 0.4) is 0 Å². The van der Waals surface area contributed by atoms with Crippen LogP contribution in [0.1, 0.15) is 31.0 Å². The third-order valence-corrected chi connectivity index (χ3v) is 7.35. The summed E-state index contributed by atoms with van der Waals surface area (Å²) in [5.74, 6) is 0.516. The summed E-state index contributed by atoms with van der Waals surface area (Å²) in [5.41, 5.74) is 2.32. The number of carbonyl (C=O) groups is 1. The quantitative estimate of drug-likeness (QED) is 0.316. The van der Waals surface area contributed by atoms with Gasteiger partial charge in [0.05, 0.1) is 42.5 Å². The average Bonchev–Trinajstić information content (AvgIpc) is 3.46. The van der Waals surface area contributed by atoms with Gasteiger partial charge in [0.1, 0.15) is 6.54 Å². The van der Waals surface area contributed by atoms with E-state index < -0.39 is 12.0 Å². The van der Waals surface area contributed by atoms with Gasteiger partial charge in [-0.15, -0.1) is 0 Å². The molecule has 0 bridgehead atoms. The van der Waals surface area contributed by atoms with Gasteiger partial charge in [-0.25, -0.2) is 9.79 Å². The van der Waals surface area contributed by atoms with Gasteiger partial charge in [0.2, 0.25) is 0 Å². The SMILES string of the molecule is CCOc1ccc([C@H]2C(C(=O)OC)=CN=c3s/c(=C/c4cn(CC#N)c5ccccc45)c(=O)n32)cc1OCC. The topological polar surface area (TPSA) is 108 Å². The molecule has 0 fully saturated rings. The van der Waals surface area contributed by atoms with Crippen molar-refractivity contribution in [2.24, 2.45) is 4.99 Å². The fourth-order valence-corrected chi connectivity index (χ4v) is 5.69. The molecule has 39 heavy (non-hydrogen) atoms. The number of esters is 1. The van der Waals surface area contributed by atoms with Crippen LogP contribution >= 0.6 is 11.3 Å². The molecule has 0 saturated carbocycles. The number of nitrogens with zero attached hydrogens (tertiary/aromatic N) is 4. The Balaban J connectivity index is 1.70. The third kappa shape index (κ3) is 4.73. The van der Waals surface area contributed by atoms with Crippen molar-refractivity contribution in [2.45, 2.75) is 26.4 Å². The van der Waals surface area contributed by atoms with Gasteiger partial charge in [0.15, 0.2) is 16.3 Å². The van der Waals surface area contributed by atoms with E-state index in [2.05, 4.69) is 11.1 Å². The van der Waals surface area contributed by atoms with Crippen molar-refractivity contribution in [3.8, 4) is 17.6 Å². The molecule has 0 spiro atoms. The zero-order valence-corrected chi connectivity index (χ0v) is 22.5. The largest absolute Gasteiger partial charge is 0.490 e. The van der Waals surface area contributed by atoms with E-state index in [0.717, 1.165) is 16.5 Å². The molecular weight excluding hydrogens is 516 g/mol. The monoisotopic (exact) mass is 542 g/mol. The van der Waals surface area contributed by atoms with Crippen LogP contribution in [0.2, 0.25) is 0 Å². The lowest BCUT2D eigenvalue weighted by Crippen LogP contribution is -2.39. The van der Waals surface area contributed by atoms with Gasteiger partial charge < -0.3 is 18.8 Å². The van der Waals surface area contributed by atoms with Crippen LogP contribution in [0.4, 0.5) is 0 Å². The van der Waals surface area contributed by atoms with E-state index in [1.807, 2.05) is 61.0 Å². The van der Waals surface area contributed by atoms with Gasteiger partial charge in [-0.2, -0.15) is 5.26 Å². The van der Waals surface area contributed by atoms with E-state index in [-0.39, 0.29) is 17.7 Å². The highest BCUT2D eigenvalue weighted by Crippen LogP contribution is 2.35. The Hall–Kier alpha value is -4.62. The summed E-state index contributed by atoms with van der Waals surface area (Å²) >= 11 is 1.23. The molecule has 3 heterocycles. The standard InChI is InChI=1S/C29H26N4O5S/c1-4-37-23-11-10-18(14-24(23)38-5-2)26-21(28(35)36-3)16-31-29-33(26)27(34)25(39-29)15-19-17-32(13-12-30)22-9-7-6-8-20(19)22/h6-11,14-17,26H,4-5,13H2,1-3H3/b25-15+/t26-/m0/s1. The summed E-state index contributed by atoms with van der Waals surface area (Å²) in [5, 5.41) is 10.2. The summed E-state index contributed by atoms with van der Waals surface area (Å²) in [6.07, 6.45) is 5.13. The summed E-state index contributed by atoms with van der Waals surface area (Å²) in [6, 6.07) is 14.5. The number of methoxy groups -OCH3 is 1. The number of aromatic nitrogens is 2. The molecule has 0 saturated heterocycles. The number of benzene rings is 2. The zero-order valence-electron chi connectivity index (χ0n) is 21.7. The highest BCUT2D eigenvalue weighted by atomic mass is 32.1. The fourth-order valence-electron chi connectivity index (χ4n) is 4.73. The molecule has 0 radical (unpaired) electrons. The van der Waals surface area contributed by atoms with Crippen LogP contribution in [0.5, 0.6) is 11.5 Å². The molecule has 9 nitrogen and oxygen atoms in total. The molecule has 4 aromatic rings. The molecule has 198 valence electrons. The summed E-state index contributed by atoms with van der Waals surface area (Å²) in [6.45, 7) is 4.84. The second-order valence-electron chi connectivity index (χ2n) is 8.64. The molecule has 0 amide bonds. The smallest absolute Gasteiger partial charge is 0.337 e. The number of fused-ring (bicyclic) bond motifs is 2. The van der Waals surface area contributed by atoms with Crippen molar-refractivity contribution in [3.63, 3.8) is 0 Å². The van der Waals surface area contributed by atoms with Gasteiger partial charge in [-0.05, 0) is 43.7 Å². The number of ether oxygens (including phenoxy) is 3. The number of thiazole rings is 1. The maximum absolute atomic E-state index is 13.9. The van der Waals surface area contributed by atoms with Crippen molar-refractivity contribution in [2.75, 3.05) is 20.3 Å². The number of nitriles is 1. The minimum Gasteiger partial charge on any atom is -0.490 e. The van der Waals surface area contributed by atoms with Crippen LogP contribution in [-0.2, 0) is 16.1 Å². The molecule has 0 N–H and O–H groups in total. The predicted octanol–water partition coefficient (Wildman–Crippen LogP) is 3.29. The molecule has 2 aromatic carbocycles. The Bertz CT molecular complexity index is 1820. The highest BCUT2D eigenvalue weighted by Gasteiger charge is 2.31. The molecular formula is C29H26N4O5S. The Morgan fingerprint density at radius 2 is 1.92 bits per heavy atom. The number of hydrogen-bond acceptors (Lipinski definition) is 8. The summed E-state index contributed by atoms with van der Waals surface area (Å²) in [7, 11) is 1.30. The third-order valence-electron chi connectivity index (χ3n) is 6.36. The van der Waals surface area contributed by atoms with Crippen LogP contribution < -0.4 is 24.4 Å². The fraction of sp³-hybridized carbons (Fsp3) is 0.241. The van der Waals surface area contributed by atoms with Crippen molar-refractivity contribution in [1.29, 1.82) is 5.26 Å². The van der Waals surface area contributed by atoms with Gasteiger partial charge in [0.25, 0.3) is 5.56 Å². The van der Waals surface area contributed by atoms with E-state index in [4.69, 9.17) is 14.2 Å². The zero-order chi connectivity index (χ0) is 27.5. The minimum absolute atomic E-state index is 0.192. The first-order valence-corrected chi connectivity index (χ1v) is 13.3. The summed E-state index contributed by atoms with van der Waals surface area (Å²) < 4.78 is 20.4. The van der Waals surface area contributed by atoms with Crippen LogP contribution in [0.15, 0.2) is 70.2 Å².